The van der Waals surface area contributed by atoms with Crippen LogP contribution in [-0.4, -0.2) is 42.4 Å². The van der Waals surface area contributed by atoms with Crippen molar-refractivity contribution in [3.05, 3.63) is 72.3 Å². The van der Waals surface area contributed by atoms with Gasteiger partial charge in [-0.3, -0.25) is 9.36 Å². The highest BCUT2D eigenvalue weighted by Gasteiger charge is 2.18. The first kappa shape index (κ1) is 21.1. The number of nitrogens with zero attached hydrogens (tertiary/aromatic N) is 2. The Hall–Kier alpha value is -2.65. The van der Waals surface area contributed by atoms with E-state index in [1.807, 2.05) is 6.26 Å². The molecule has 1 amide bonds. The summed E-state index contributed by atoms with van der Waals surface area (Å²) in [6.45, 7) is 0.202. The molecule has 1 heterocycles. The number of amides is 1. The van der Waals surface area contributed by atoms with Crippen molar-refractivity contribution in [1.82, 2.24) is 14.9 Å². The molecule has 0 saturated heterocycles. The van der Waals surface area contributed by atoms with E-state index >= 15 is 0 Å². The van der Waals surface area contributed by atoms with Crippen molar-refractivity contribution in [2.24, 2.45) is 0 Å². The smallest absolute Gasteiger partial charge is 0.269 e. The fourth-order valence-electron chi connectivity index (χ4n) is 2.78. The standard InChI is InChI=1S/C20H20FN3O3S2/c1-28-20-23-14-18(24(20)16-10-8-15(21)9-11-16)19(25)22-12-5-13-29(26,27)17-6-3-2-4-7-17/h2-4,6-11,14H,5,12-13H2,1H3,(H,22,25). The van der Waals surface area contributed by atoms with Crippen LogP contribution >= 0.6 is 11.8 Å². The molecule has 0 bridgehead atoms. The predicted molar refractivity (Wildman–Crippen MR) is 111 cm³/mol. The second-order valence-electron chi connectivity index (χ2n) is 6.18. The third-order valence-corrected chi connectivity index (χ3v) is 6.68. The lowest BCUT2D eigenvalue weighted by Gasteiger charge is -2.11. The number of hydrogen-bond donors (Lipinski definition) is 1. The summed E-state index contributed by atoms with van der Waals surface area (Å²) in [5, 5.41) is 3.33. The molecule has 3 aromatic rings. The second-order valence-corrected chi connectivity index (χ2v) is 9.07. The molecule has 3 rings (SSSR count). The third-order valence-electron chi connectivity index (χ3n) is 4.21. The molecular weight excluding hydrogens is 413 g/mol. The van der Waals surface area contributed by atoms with Crippen molar-refractivity contribution in [2.75, 3.05) is 18.6 Å². The van der Waals surface area contributed by atoms with Crippen LogP contribution in [0.3, 0.4) is 0 Å². The molecule has 0 aliphatic heterocycles. The van der Waals surface area contributed by atoms with E-state index < -0.39 is 9.84 Å². The average Bonchev–Trinajstić information content (AvgIpc) is 3.16. The number of thioether (sulfide) groups is 1. The minimum atomic E-state index is -3.39. The number of hydrogen-bond acceptors (Lipinski definition) is 5. The summed E-state index contributed by atoms with van der Waals surface area (Å²) >= 11 is 1.36. The molecule has 1 N–H and O–H groups in total. The Bertz CT molecular complexity index is 1080. The van der Waals surface area contributed by atoms with Crippen LogP contribution in [0.1, 0.15) is 16.9 Å². The molecule has 1 aromatic heterocycles. The van der Waals surface area contributed by atoms with Crippen molar-refractivity contribution in [2.45, 2.75) is 16.5 Å². The van der Waals surface area contributed by atoms with Crippen molar-refractivity contribution < 1.29 is 17.6 Å². The highest BCUT2D eigenvalue weighted by atomic mass is 32.2. The van der Waals surface area contributed by atoms with E-state index in [1.54, 1.807) is 47.0 Å². The van der Waals surface area contributed by atoms with Gasteiger partial charge < -0.3 is 5.32 Å². The SMILES string of the molecule is CSc1ncc(C(=O)NCCCS(=O)(=O)c2ccccc2)n1-c1ccc(F)cc1. The van der Waals surface area contributed by atoms with Crippen LogP contribution in [0.5, 0.6) is 0 Å². The van der Waals surface area contributed by atoms with Gasteiger partial charge in [0.2, 0.25) is 0 Å². The number of nitrogens with one attached hydrogen (secondary N) is 1. The van der Waals surface area contributed by atoms with Crippen LogP contribution in [0.15, 0.2) is 70.8 Å². The van der Waals surface area contributed by atoms with Crippen molar-refractivity contribution in [3.8, 4) is 5.69 Å². The normalized spacial score (nSPS) is 11.4. The molecule has 6 nitrogen and oxygen atoms in total. The lowest BCUT2D eigenvalue weighted by molar-refractivity contribution is 0.0946. The van der Waals surface area contributed by atoms with E-state index in [9.17, 15) is 17.6 Å². The summed E-state index contributed by atoms with van der Waals surface area (Å²) < 4.78 is 39.5. The zero-order valence-electron chi connectivity index (χ0n) is 15.7. The second kappa shape index (κ2) is 9.23. The number of benzene rings is 2. The average molecular weight is 434 g/mol. The lowest BCUT2D eigenvalue weighted by atomic mass is 10.3. The molecular formula is C20H20FN3O3S2. The maximum absolute atomic E-state index is 13.2. The van der Waals surface area contributed by atoms with Crippen molar-refractivity contribution >= 4 is 27.5 Å². The van der Waals surface area contributed by atoms with Gasteiger partial charge in [-0.15, -0.1) is 0 Å². The van der Waals surface area contributed by atoms with E-state index in [2.05, 4.69) is 10.3 Å². The summed E-state index contributed by atoms with van der Waals surface area (Å²) in [6.07, 6.45) is 3.56. The van der Waals surface area contributed by atoms with Gasteiger partial charge in [-0.1, -0.05) is 30.0 Å². The van der Waals surface area contributed by atoms with Gasteiger partial charge in [-0.2, -0.15) is 0 Å². The fourth-order valence-corrected chi connectivity index (χ4v) is 4.66. The van der Waals surface area contributed by atoms with E-state index in [0.29, 0.717) is 16.5 Å². The number of rotatable bonds is 8. The highest BCUT2D eigenvalue weighted by Crippen LogP contribution is 2.22. The molecule has 0 aliphatic carbocycles. The van der Waals surface area contributed by atoms with Crippen molar-refractivity contribution in [1.29, 1.82) is 0 Å². The van der Waals surface area contributed by atoms with Gasteiger partial charge in [-0.05, 0) is 49.1 Å². The number of sulfone groups is 1. The number of aromatic nitrogens is 2. The van der Waals surface area contributed by atoms with Gasteiger partial charge in [0.1, 0.15) is 11.5 Å². The molecule has 152 valence electrons. The molecule has 0 saturated carbocycles. The Morgan fingerprint density at radius 1 is 1.14 bits per heavy atom. The van der Waals surface area contributed by atoms with Crippen molar-refractivity contribution in [3.63, 3.8) is 0 Å². The molecule has 0 fully saturated rings. The number of carbonyl (C=O) groups excluding carboxylic acids is 1. The van der Waals surface area contributed by atoms with Gasteiger partial charge in [-0.25, -0.2) is 17.8 Å². The lowest BCUT2D eigenvalue weighted by Crippen LogP contribution is -2.28. The maximum Gasteiger partial charge on any atom is 0.269 e. The topological polar surface area (TPSA) is 81.1 Å². The molecule has 0 spiro atoms. The van der Waals surface area contributed by atoms with Gasteiger partial charge in [0.15, 0.2) is 15.0 Å². The zero-order chi connectivity index (χ0) is 20.9. The molecule has 0 atom stereocenters. The van der Waals surface area contributed by atoms with Crippen LogP contribution in [0.2, 0.25) is 0 Å². The summed E-state index contributed by atoms with van der Waals surface area (Å²) in [5.74, 6) is -0.811. The third kappa shape index (κ3) is 5.04. The Morgan fingerprint density at radius 3 is 2.48 bits per heavy atom. The molecule has 0 aliphatic rings. The van der Waals surface area contributed by atoms with Gasteiger partial charge >= 0.3 is 0 Å². The molecule has 29 heavy (non-hydrogen) atoms. The summed E-state index contributed by atoms with van der Waals surface area (Å²) in [4.78, 5) is 17.1. The Balaban J connectivity index is 1.66. The monoisotopic (exact) mass is 433 g/mol. The van der Waals surface area contributed by atoms with E-state index in [0.717, 1.165) is 0 Å². The molecule has 0 unspecified atom stereocenters. The maximum atomic E-state index is 13.2. The number of imidazole rings is 1. The quantitative estimate of drug-likeness (QED) is 0.435. The number of halogens is 1. The fraction of sp³-hybridized carbons (Fsp3) is 0.200. The molecule has 9 heteroatoms. The van der Waals surface area contributed by atoms with Gasteiger partial charge in [0.25, 0.3) is 5.91 Å². The van der Waals surface area contributed by atoms with E-state index in [4.69, 9.17) is 0 Å². The first-order valence-corrected chi connectivity index (χ1v) is 11.7. The largest absolute Gasteiger partial charge is 0.351 e. The first-order valence-electron chi connectivity index (χ1n) is 8.86. The van der Waals surface area contributed by atoms with Crippen LogP contribution in [0.25, 0.3) is 5.69 Å². The van der Waals surface area contributed by atoms with Crippen LogP contribution in [0.4, 0.5) is 4.39 Å². The Kier molecular flexibility index (Phi) is 6.71. The summed E-state index contributed by atoms with van der Waals surface area (Å²) in [7, 11) is -3.39. The van der Waals surface area contributed by atoms with Crippen LogP contribution in [-0.2, 0) is 9.84 Å². The predicted octanol–water partition coefficient (Wildman–Crippen LogP) is 3.33. The number of carbonyl (C=O) groups is 1. The van der Waals surface area contributed by atoms with Gasteiger partial charge in [0, 0.05) is 12.2 Å². The Morgan fingerprint density at radius 2 is 1.83 bits per heavy atom. The molecule has 0 radical (unpaired) electrons. The first-order chi connectivity index (χ1) is 13.9. The van der Waals surface area contributed by atoms with Crippen LogP contribution < -0.4 is 5.32 Å². The van der Waals surface area contributed by atoms with E-state index in [-0.39, 0.29) is 35.3 Å². The zero-order valence-corrected chi connectivity index (χ0v) is 17.3. The minimum Gasteiger partial charge on any atom is -0.351 e. The minimum absolute atomic E-state index is 0.0649. The van der Waals surface area contributed by atoms with Crippen LogP contribution in [0, 0.1) is 5.82 Å². The summed E-state index contributed by atoms with van der Waals surface area (Å²) in [6, 6.07) is 14.0. The Labute approximate surface area is 173 Å². The highest BCUT2D eigenvalue weighted by molar-refractivity contribution is 7.98. The van der Waals surface area contributed by atoms with E-state index in [1.165, 1.54) is 30.1 Å². The van der Waals surface area contributed by atoms with Gasteiger partial charge in [0.05, 0.1) is 16.8 Å². The summed E-state index contributed by atoms with van der Waals surface area (Å²) in [5.41, 5.74) is 0.914. The molecule has 2 aromatic carbocycles.